The van der Waals surface area contributed by atoms with Gasteiger partial charge in [-0.1, -0.05) is 5.16 Å². The molecule has 0 aliphatic rings. The molecule has 3 aromatic rings. The Morgan fingerprint density at radius 2 is 2.28 bits per heavy atom. The highest BCUT2D eigenvalue weighted by Crippen LogP contribution is 2.34. The highest BCUT2D eigenvalue weighted by molar-refractivity contribution is 7.11. The zero-order valence-corrected chi connectivity index (χ0v) is 11.3. The Morgan fingerprint density at radius 3 is 3.00 bits per heavy atom. The van der Waals surface area contributed by atoms with Gasteiger partial charge in [0.15, 0.2) is 0 Å². The number of aromatic nitrogens is 4. The summed E-state index contributed by atoms with van der Waals surface area (Å²) in [6.45, 7) is 1.92. The lowest BCUT2D eigenvalue weighted by atomic mass is 10.2. The second-order valence-electron chi connectivity index (χ2n) is 3.52. The molecule has 0 aromatic carbocycles. The number of hydrogen-bond donors (Lipinski definition) is 1. The summed E-state index contributed by atoms with van der Waals surface area (Å²) < 4.78 is 9.56. The smallest absolute Gasteiger partial charge is 0.263 e. The molecule has 0 saturated carbocycles. The van der Waals surface area contributed by atoms with E-state index in [2.05, 4.69) is 24.8 Å². The van der Waals surface area contributed by atoms with E-state index in [-0.39, 0.29) is 0 Å². The maximum absolute atomic E-state index is 5.29. The van der Waals surface area contributed by atoms with Crippen molar-refractivity contribution < 1.29 is 4.52 Å². The molecule has 18 heavy (non-hydrogen) atoms. The Labute approximate surface area is 111 Å². The molecule has 0 atom stereocenters. The molecule has 0 fully saturated rings. The van der Waals surface area contributed by atoms with Crippen LogP contribution in [0.1, 0.15) is 5.69 Å². The van der Waals surface area contributed by atoms with Crippen LogP contribution in [-0.2, 0) is 0 Å². The van der Waals surface area contributed by atoms with Crippen LogP contribution in [0.4, 0.5) is 5.00 Å². The van der Waals surface area contributed by atoms with Crippen LogP contribution in [0.5, 0.6) is 0 Å². The average Bonchev–Trinajstić information content (AvgIpc) is 3.07. The third-order valence-electron chi connectivity index (χ3n) is 2.39. The molecule has 0 aliphatic carbocycles. The van der Waals surface area contributed by atoms with E-state index in [0.717, 1.165) is 22.0 Å². The number of nitrogens with zero attached hydrogens (tertiary/aromatic N) is 4. The van der Waals surface area contributed by atoms with Gasteiger partial charge in [0.25, 0.3) is 5.89 Å². The maximum Gasteiger partial charge on any atom is 0.263 e. The topological polar surface area (TPSA) is 76.7 Å². The summed E-state index contributed by atoms with van der Waals surface area (Å²) in [4.78, 5) is 8.51. The molecule has 0 bridgehead atoms. The minimum Gasteiger partial charge on any atom is -0.378 e. The van der Waals surface area contributed by atoms with E-state index < -0.39 is 0 Å². The first kappa shape index (κ1) is 11.3. The molecule has 1 N–H and O–H groups in total. The number of nitrogens with one attached hydrogen (secondary N) is 1. The monoisotopic (exact) mass is 279 g/mol. The minimum atomic E-state index is 0.466. The van der Waals surface area contributed by atoms with Crippen LogP contribution >= 0.6 is 22.9 Å². The molecule has 0 aliphatic heterocycles. The van der Waals surface area contributed by atoms with Gasteiger partial charge in [-0.05, 0) is 18.5 Å². The predicted molar refractivity (Wildman–Crippen MR) is 70.8 cm³/mol. The first-order chi connectivity index (χ1) is 8.79. The van der Waals surface area contributed by atoms with Crippen molar-refractivity contribution >= 4 is 27.9 Å². The largest absolute Gasteiger partial charge is 0.378 e. The van der Waals surface area contributed by atoms with E-state index >= 15 is 0 Å². The summed E-state index contributed by atoms with van der Waals surface area (Å²) in [5.74, 6) is 0.965. The van der Waals surface area contributed by atoms with Gasteiger partial charge < -0.3 is 9.84 Å². The van der Waals surface area contributed by atoms with Crippen LogP contribution < -0.4 is 5.32 Å². The van der Waals surface area contributed by atoms with Crippen LogP contribution in [0.2, 0.25) is 0 Å². The van der Waals surface area contributed by atoms with Crippen LogP contribution in [-0.4, -0.2) is 26.5 Å². The molecule has 0 spiro atoms. The maximum atomic E-state index is 5.29. The number of anilines is 1. The molecule has 0 unspecified atom stereocenters. The molecule has 0 saturated heterocycles. The van der Waals surface area contributed by atoms with E-state index in [1.165, 1.54) is 22.9 Å². The molecule has 0 radical (unpaired) electrons. The Kier molecular flexibility index (Phi) is 2.80. The normalized spacial score (nSPS) is 10.8. The Bertz CT molecular complexity index is 658. The van der Waals surface area contributed by atoms with Crippen molar-refractivity contribution in [2.75, 3.05) is 12.4 Å². The molecule has 3 rings (SSSR count). The average molecular weight is 279 g/mol. The molecule has 3 heterocycles. The molecule has 0 amide bonds. The SMILES string of the molecule is CNc1snc(C)c1-c1nc(-c2cscn2)no1. The molecule has 92 valence electrons. The highest BCUT2D eigenvalue weighted by atomic mass is 32.1. The lowest BCUT2D eigenvalue weighted by Gasteiger charge is -1.96. The van der Waals surface area contributed by atoms with Crippen LogP contribution in [0.15, 0.2) is 15.4 Å². The third-order valence-corrected chi connectivity index (χ3v) is 3.93. The fraction of sp³-hybridized carbons (Fsp3) is 0.200. The second-order valence-corrected chi connectivity index (χ2v) is 5.01. The van der Waals surface area contributed by atoms with Gasteiger partial charge in [-0.15, -0.1) is 11.3 Å². The number of rotatable bonds is 3. The molecule has 8 heteroatoms. The summed E-state index contributed by atoms with van der Waals surface area (Å²) in [5.41, 5.74) is 4.19. The van der Waals surface area contributed by atoms with Gasteiger partial charge in [-0.2, -0.15) is 9.36 Å². The van der Waals surface area contributed by atoms with Gasteiger partial charge in [-0.3, -0.25) is 0 Å². The third kappa shape index (κ3) is 1.79. The van der Waals surface area contributed by atoms with E-state index in [9.17, 15) is 0 Å². The van der Waals surface area contributed by atoms with Gasteiger partial charge in [0.1, 0.15) is 10.7 Å². The van der Waals surface area contributed by atoms with E-state index in [1.807, 2.05) is 19.4 Å². The van der Waals surface area contributed by atoms with Gasteiger partial charge in [-0.25, -0.2) is 4.98 Å². The number of hydrogen-bond acceptors (Lipinski definition) is 8. The van der Waals surface area contributed by atoms with Gasteiger partial charge in [0.05, 0.1) is 16.8 Å². The predicted octanol–water partition coefficient (Wildman–Crippen LogP) is 2.67. The van der Waals surface area contributed by atoms with Crippen molar-refractivity contribution in [3.63, 3.8) is 0 Å². The summed E-state index contributed by atoms with van der Waals surface area (Å²) in [6.07, 6.45) is 0. The Morgan fingerprint density at radius 1 is 1.39 bits per heavy atom. The second kappa shape index (κ2) is 4.46. The van der Waals surface area contributed by atoms with Crippen molar-refractivity contribution in [3.05, 3.63) is 16.6 Å². The number of thiazole rings is 1. The first-order valence-corrected chi connectivity index (χ1v) is 6.88. The first-order valence-electron chi connectivity index (χ1n) is 5.16. The Hall–Kier alpha value is -1.80. The zero-order chi connectivity index (χ0) is 12.5. The van der Waals surface area contributed by atoms with Crippen molar-refractivity contribution in [2.45, 2.75) is 6.92 Å². The van der Waals surface area contributed by atoms with Crippen LogP contribution in [0.25, 0.3) is 23.0 Å². The zero-order valence-electron chi connectivity index (χ0n) is 9.67. The highest BCUT2D eigenvalue weighted by Gasteiger charge is 2.19. The lowest BCUT2D eigenvalue weighted by molar-refractivity contribution is 0.432. The lowest BCUT2D eigenvalue weighted by Crippen LogP contribution is -1.88. The van der Waals surface area contributed by atoms with Crippen molar-refractivity contribution in [1.82, 2.24) is 19.5 Å². The Balaban J connectivity index is 2.05. The van der Waals surface area contributed by atoms with Crippen molar-refractivity contribution in [2.24, 2.45) is 0 Å². The van der Waals surface area contributed by atoms with Gasteiger partial charge in [0, 0.05) is 12.4 Å². The summed E-state index contributed by atoms with van der Waals surface area (Å²) in [7, 11) is 1.84. The van der Waals surface area contributed by atoms with Crippen LogP contribution in [0, 0.1) is 6.92 Å². The van der Waals surface area contributed by atoms with Gasteiger partial charge >= 0.3 is 0 Å². The summed E-state index contributed by atoms with van der Waals surface area (Å²) in [6, 6.07) is 0. The van der Waals surface area contributed by atoms with Crippen molar-refractivity contribution in [1.29, 1.82) is 0 Å². The molecular formula is C10H9N5OS2. The van der Waals surface area contributed by atoms with E-state index in [4.69, 9.17) is 4.52 Å². The minimum absolute atomic E-state index is 0.466. The standard InChI is InChI=1S/C10H9N5OS2/c1-5-7(10(11-2)18-15-5)9-13-8(14-16-9)6-3-17-4-12-6/h3-4,11H,1-2H3. The molecule has 6 nitrogen and oxygen atoms in total. The van der Waals surface area contributed by atoms with Gasteiger partial charge in [0.2, 0.25) is 5.82 Å². The number of aryl methyl sites for hydroxylation is 1. The fourth-order valence-electron chi connectivity index (χ4n) is 1.54. The molecule has 3 aromatic heterocycles. The van der Waals surface area contributed by atoms with Crippen molar-refractivity contribution in [3.8, 4) is 23.0 Å². The molecular weight excluding hydrogens is 270 g/mol. The van der Waals surface area contributed by atoms with E-state index in [0.29, 0.717) is 11.7 Å². The summed E-state index contributed by atoms with van der Waals surface area (Å²) in [5, 5.41) is 9.81. The van der Waals surface area contributed by atoms with E-state index in [1.54, 1.807) is 5.51 Å². The fourth-order valence-corrected chi connectivity index (χ4v) is 2.81. The summed E-state index contributed by atoms with van der Waals surface area (Å²) >= 11 is 2.87. The quantitative estimate of drug-likeness (QED) is 0.794. The van der Waals surface area contributed by atoms with Crippen LogP contribution in [0.3, 0.4) is 0 Å².